The highest BCUT2D eigenvalue weighted by atomic mass is 19.2. The van der Waals surface area contributed by atoms with Crippen LogP contribution in [0.25, 0.3) is 0 Å². The Kier molecular flexibility index (Phi) is 5.37. The number of nitrogens with one attached hydrogen (secondary N) is 1. The summed E-state index contributed by atoms with van der Waals surface area (Å²) in [5.41, 5.74) is 1.04. The van der Waals surface area contributed by atoms with Gasteiger partial charge in [0.25, 0.3) is 0 Å². The van der Waals surface area contributed by atoms with E-state index in [-0.39, 0.29) is 5.54 Å². The molecule has 1 saturated carbocycles. The lowest BCUT2D eigenvalue weighted by Gasteiger charge is -2.30. The lowest BCUT2D eigenvalue weighted by molar-refractivity contribution is 0.321. The van der Waals surface area contributed by atoms with Gasteiger partial charge in [-0.25, -0.2) is 8.78 Å². The van der Waals surface area contributed by atoms with E-state index in [0.717, 1.165) is 24.9 Å². The summed E-state index contributed by atoms with van der Waals surface area (Å²) < 4.78 is 26.7. The largest absolute Gasteiger partial charge is 0.312 e. The predicted molar refractivity (Wildman–Crippen MR) is 83.4 cm³/mol. The summed E-state index contributed by atoms with van der Waals surface area (Å²) in [5.74, 6) is -0.648. The Labute approximate surface area is 127 Å². The highest BCUT2D eigenvalue weighted by Gasteiger charge is 2.26. The smallest absolute Gasteiger partial charge is 0.159 e. The molecule has 3 heteroatoms. The minimum absolute atomic E-state index is 0.0882. The zero-order valence-electron chi connectivity index (χ0n) is 13.4. The maximum atomic E-state index is 13.5. The molecule has 0 bridgehead atoms. The van der Waals surface area contributed by atoms with Gasteiger partial charge in [-0.3, -0.25) is 0 Å². The van der Waals surface area contributed by atoms with Gasteiger partial charge in [-0.05, 0) is 69.7 Å². The second-order valence-electron chi connectivity index (χ2n) is 7.31. The van der Waals surface area contributed by atoms with Crippen LogP contribution in [-0.4, -0.2) is 12.1 Å². The summed E-state index contributed by atoms with van der Waals surface area (Å²) in [4.78, 5) is 0. The van der Waals surface area contributed by atoms with E-state index in [1.54, 1.807) is 6.07 Å². The summed E-state index contributed by atoms with van der Waals surface area (Å²) in [6.45, 7) is 7.43. The van der Waals surface area contributed by atoms with Gasteiger partial charge in [-0.1, -0.05) is 25.3 Å². The van der Waals surface area contributed by atoms with Crippen LogP contribution in [0.15, 0.2) is 18.2 Å². The highest BCUT2D eigenvalue weighted by Crippen LogP contribution is 2.37. The Hall–Kier alpha value is -0.960. The second kappa shape index (κ2) is 6.87. The molecule has 2 unspecified atom stereocenters. The van der Waals surface area contributed by atoms with Crippen LogP contribution in [0.4, 0.5) is 8.78 Å². The Morgan fingerprint density at radius 2 is 1.76 bits per heavy atom. The van der Waals surface area contributed by atoms with Crippen LogP contribution in [0.1, 0.15) is 64.4 Å². The van der Waals surface area contributed by atoms with Crippen LogP contribution < -0.4 is 5.32 Å². The maximum Gasteiger partial charge on any atom is 0.159 e. The third kappa shape index (κ3) is 4.77. The fourth-order valence-corrected chi connectivity index (χ4v) is 3.25. The Bertz CT molecular complexity index is 465. The van der Waals surface area contributed by atoms with Crippen molar-refractivity contribution in [3.05, 3.63) is 35.4 Å². The van der Waals surface area contributed by atoms with Crippen molar-refractivity contribution < 1.29 is 8.78 Å². The van der Waals surface area contributed by atoms with Crippen molar-refractivity contribution in [1.82, 2.24) is 5.32 Å². The van der Waals surface area contributed by atoms with E-state index >= 15 is 0 Å². The van der Waals surface area contributed by atoms with E-state index in [4.69, 9.17) is 0 Å². The Morgan fingerprint density at radius 3 is 2.43 bits per heavy atom. The van der Waals surface area contributed by atoms with Gasteiger partial charge in [0, 0.05) is 5.54 Å². The maximum absolute atomic E-state index is 13.5. The van der Waals surface area contributed by atoms with Gasteiger partial charge in [-0.2, -0.15) is 0 Å². The van der Waals surface area contributed by atoms with Gasteiger partial charge >= 0.3 is 0 Å². The molecule has 0 radical (unpaired) electrons. The molecule has 0 aromatic heterocycles. The first-order valence-corrected chi connectivity index (χ1v) is 8.07. The Balaban J connectivity index is 2.16. The van der Waals surface area contributed by atoms with Crippen molar-refractivity contribution >= 4 is 0 Å². The van der Waals surface area contributed by atoms with Gasteiger partial charge in [0.1, 0.15) is 0 Å². The van der Waals surface area contributed by atoms with Crippen LogP contribution in [0, 0.1) is 17.6 Å². The average Bonchev–Trinajstić information content (AvgIpc) is 2.64. The third-order valence-corrected chi connectivity index (χ3v) is 4.43. The van der Waals surface area contributed by atoms with Gasteiger partial charge in [0.15, 0.2) is 11.6 Å². The molecule has 2 atom stereocenters. The molecular formula is C18H27F2N. The molecule has 2 rings (SSSR count). The average molecular weight is 295 g/mol. The summed E-state index contributed by atoms with van der Waals surface area (Å²) in [6.07, 6.45) is 5.88. The molecular weight excluding hydrogens is 268 g/mol. The minimum atomic E-state index is -0.753. The van der Waals surface area contributed by atoms with Gasteiger partial charge < -0.3 is 5.32 Å². The molecule has 0 aliphatic heterocycles. The quantitative estimate of drug-likeness (QED) is 0.772. The SMILES string of the molecule is CC(C)(C)NCC1CCCCCC1c1ccc(F)c(F)c1. The summed E-state index contributed by atoms with van der Waals surface area (Å²) in [7, 11) is 0. The summed E-state index contributed by atoms with van der Waals surface area (Å²) in [5, 5.41) is 3.58. The fraction of sp³-hybridized carbons (Fsp3) is 0.667. The number of benzene rings is 1. The molecule has 1 fully saturated rings. The van der Waals surface area contributed by atoms with Crippen LogP contribution >= 0.6 is 0 Å². The van der Waals surface area contributed by atoms with Crippen LogP contribution in [0.2, 0.25) is 0 Å². The standard InChI is InChI=1S/C18H27F2N/c1-18(2,3)21-12-14-7-5-4-6-8-15(14)13-9-10-16(19)17(20)11-13/h9-11,14-15,21H,4-8,12H2,1-3H3. The number of hydrogen-bond acceptors (Lipinski definition) is 1. The Morgan fingerprint density at radius 1 is 1.05 bits per heavy atom. The van der Waals surface area contributed by atoms with Crippen molar-refractivity contribution in [2.24, 2.45) is 5.92 Å². The molecule has 118 valence electrons. The highest BCUT2D eigenvalue weighted by molar-refractivity contribution is 5.23. The normalized spacial score (nSPS) is 23.9. The van der Waals surface area contributed by atoms with E-state index in [9.17, 15) is 8.78 Å². The van der Waals surface area contributed by atoms with Crippen molar-refractivity contribution in [3.63, 3.8) is 0 Å². The zero-order chi connectivity index (χ0) is 15.5. The van der Waals surface area contributed by atoms with Gasteiger partial charge in [-0.15, -0.1) is 0 Å². The number of rotatable bonds is 3. The monoisotopic (exact) mass is 295 g/mol. The molecule has 1 nitrogen and oxygen atoms in total. The summed E-state index contributed by atoms with van der Waals surface area (Å²) >= 11 is 0. The first-order chi connectivity index (χ1) is 9.87. The first kappa shape index (κ1) is 16.4. The van der Waals surface area contributed by atoms with E-state index in [1.807, 2.05) is 0 Å². The molecule has 21 heavy (non-hydrogen) atoms. The molecule has 0 heterocycles. The van der Waals surface area contributed by atoms with E-state index in [0.29, 0.717) is 11.8 Å². The first-order valence-electron chi connectivity index (χ1n) is 8.07. The molecule has 1 aromatic carbocycles. The van der Waals surface area contributed by atoms with E-state index in [1.165, 1.54) is 31.4 Å². The topological polar surface area (TPSA) is 12.0 Å². The lowest BCUT2D eigenvalue weighted by atomic mass is 9.82. The summed E-state index contributed by atoms with van der Waals surface area (Å²) in [6, 6.07) is 4.43. The zero-order valence-corrected chi connectivity index (χ0v) is 13.4. The second-order valence-corrected chi connectivity index (χ2v) is 7.31. The third-order valence-electron chi connectivity index (χ3n) is 4.43. The molecule has 1 aromatic rings. The van der Waals surface area contributed by atoms with Crippen molar-refractivity contribution in [1.29, 1.82) is 0 Å². The number of hydrogen-bond donors (Lipinski definition) is 1. The lowest BCUT2D eigenvalue weighted by Crippen LogP contribution is -2.40. The predicted octanol–water partition coefficient (Wildman–Crippen LogP) is 5.02. The van der Waals surface area contributed by atoms with E-state index in [2.05, 4.69) is 26.1 Å². The minimum Gasteiger partial charge on any atom is -0.312 e. The fourth-order valence-electron chi connectivity index (χ4n) is 3.25. The molecule has 0 saturated heterocycles. The van der Waals surface area contributed by atoms with E-state index < -0.39 is 11.6 Å². The molecule has 0 amide bonds. The molecule has 1 aliphatic rings. The van der Waals surface area contributed by atoms with Crippen molar-refractivity contribution in [3.8, 4) is 0 Å². The molecule has 1 aliphatic carbocycles. The number of halogens is 2. The van der Waals surface area contributed by atoms with Gasteiger partial charge in [0.05, 0.1) is 0 Å². The molecule has 0 spiro atoms. The molecule has 1 N–H and O–H groups in total. The van der Waals surface area contributed by atoms with Crippen LogP contribution in [0.3, 0.4) is 0 Å². The van der Waals surface area contributed by atoms with Crippen LogP contribution in [0.5, 0.6) is 0 Å². The van der Waals surface area contributed by atoms with Gasteiger partial charge in [0.2, 0.25) is 0 Å². The van der Waals surface area contributed by atoms with Crippen molar-refractivity contribution in [2.75, 3.05) is 6.54 Å². The van der Waals surface area contributed by atoms with Crippen molar-refractivity contribution in [2.45, 2.75) is 64.3 Å². The van der Waals surface area contributed by atoms with Crippen LogP contribution in [-0.2, 0) is 0 Å².